The average Bonchev–Trinajstić information content (AvgIpc) is 3.20. The first-order valence-electron chi connectivity index (χ1n) is 9.12. The number of nitrogens with one attached hydrogen (secondary N) is 1. The fourth-order valence-corrected chi connectivity index (χ4v) is 4.90. The largest absolute Gasteiger partial charge is 0.465 e. The second-order valence-electron chi connectivity index (χ2n) is 7.64. The van der Waals surface area contributed by atoms with Gasteiger partial charge in [-0.05, 0) is 43.7 Å². The molecule has 6 nitrogen and oxygen atoms in total. The van der Waals surface area contributed by atoms with Crippen LogP contribution in [0.3, 0.4) is 0 Å². The SMILES string of the molecule is CN(C(=O)O)[C@@H]1CCN(C2CCC3(CC2)C(=O)Nc2ccccc23)C1. The Morgan fingerprint density at radius 1 is 1.28 bits per heavy atom. The maximum absolute atomic E-state index is 12.7. The maximum atomic E-state index is 12.7. The molecular formula is C19H25N3O3. The van der Waals surface area contributed by atoms with Crippen molar-refractivity contribution in [2.75, 3.05) is 25.5 Å². The fraction of sp³-hybridized carbons (Fsp3) is 0.579. The molecule has 0 unspecified atom stereocenters. The van der Waals surface area contributed by atoms with Gasteiger partial charge in [0.2, 0.25) is 5.91 Å². The molecule has 0 aromatic heterocycles. The molecule has 2 aliphatic heterocycles. The van der Waals surface area contributed by atoms with Gasteiger partial charge in [-0.15, -0.1) is 0 Å². The van der Waals surface area contributed by atoms with Gasteiger partial charge in [-0.3, -0.25) is 9.69 Å². The van der Waals surface area contributed by atoms with Gasteiger partial charge in [-0.1, -0.05) is 18.2 Å². The van der Waals surface area contributed by atoms with Crippen molar-refractivity contribution in [3.05, 3.63) is 29.8 Å². The summed E-state index contributed by atoms with van der Waals surface area (Å²) in [7, 11) is 1.66. The van der Waals surface area contributed by atoms with Crippen LogP contribution >= 0.6 is 0 Å². The van der Waals surface area contributed by atoms with Gasteiger partial charge in [0.1, 0.15) is 0 Å². The number of fused-ring (bicyclic) bond motifs is 2. The summed E-state index contributed by atoms with van der Waals surface area (Å²) in [6.45, 7) is 1.76. The number of likely N-dealkylation sites (N-methyl/N-ethyl adjacent to an activating group) is 1. The van der Waals surface area contributed by atoms with Crippen LogP contribution in [0.4, 0.5) is 10.5 Å². The molecule has 1 saturated carbocycles. The van der Waals surface area contributed by atoms with Crippen LogP contribution in [0.2, 0.25) is 0 Å². The van der Waals surface area contributed by atoms with Crippen LogP contribution in [0.25, 0.3) is 0 Å². The van der Waals surface area contributed by atoms with Crippen molar-refractivity contribution in [3.8, 4) is 0 Å². The van der Waals surface area contributed by atoms with Gasteiger partial charge in [0.25, 0.3) is 0 Å². The van der Waals surface area contributed by atoms with E-state index in [4.69, 9.17) is 5.11 Å². The minimum absolute atomic E-state index is 0.0869. The molecule has 4 rings (SSSR count). The molecule has 2 N–H and O–H groups in total. The third-order valence-electron chi connectivity index (χ3n) is 6.49. The number of hydrogen-bond donors (Lipinski definition) is 2. The standard InChI is InChI=1S/C19H25N3O3/c1-21(18(24)25)14-8-11-22(12-14)13-6-9-19(10-7-13)15-4-2-3-5-16(15)20-17(19)23/h2-5,13-14H,6-12H2,1H3,(H,20,23)(H,24,25)/t13?,14-,19?/m1/s1. The van der Waals surface area contributed by atoms with Crippen molar-refractivity contribution in [3.63, 3.8) is 0 Å². The molecule has 1 aromatic carbocycles. The van der Waals surface area contributed by atoms with Gasteiger partial charge >= 0.3 is 6.09 Å². The highest BCUT2D eigenvalue weighted by Gasteiger charge is 2.49. The summed E-state index contributed by atoms with van der Waals surface area (Å²) >= 11 is 0. The summed E-state index contributed by atoms with van der Waals surface area (Å²) in [6.07, 6.45) is 3.77. The summed E-state index contributed by atoms with van der Waals surface area (Å²) in [5, 5.41) is 12.2. The minimum atomic E-state index is -0.853. The molecule has 1 spiro atoms. The summed E-state index contributed by atoms with van der Waals surface area (Å²) in [5.74, 6) is 0.150. The van der Waals surface area contributed by atoms with Gasteiger partial charge in [0.05, 0.1) is 5.41 Å². The quantitative estimate of drug-likeness (QED) is 0.865. The first kappa shape index (κ1) is 16.4. The molecule has 0 bridgehead atoms. The number of carbonyl (C=O) groups is 2. The van der Waals surface area contributed by atoms with E-state index < -0.39 is 6.09 Å². The van der Waals surface area contributed by atoms with Crippen molar-refractivity contribution in [2.24, 2.45) is 0 Å². The lowest BCUT2D eigenvalue weighted by Crippen LogP contribution is -2.46. The zero-order valence-corrected chi connectivity index (χ0v) is 14.6. The third-order valence-corrected chi connectivity index (χ3v) is 6.49. The smallest absolute Gasteiger partial charge is 0.407 e. The van der Waals surface area contributed by atoms with Gasteiger partial charge < -0.3 is 15.3 Å². The lowest BCUT2D eigenvalue weighted by molar-refractivity contribution is -0.122. The zero-order valence-electron chi connectivity index (χ0n) is 14.6. The van der Waals surface area contributed by atoms with Gasteiger partial charge in [0, 0.05) is 37.9 Å². The van der Waals surface area contributed by atoms with E-state index in [0.29, 0.717) is 6.04 Å². The monoisotopic (exact) mass is 343 g/mol. The number of likely N-dealkylation sites (tertiary alicyclic amines) is 1. The Hall–Kier alpha value is -2.08. The average molecular weight is 343 g/mol. The lowest BCUT2D eigenvalue weighted by atomic mass is 9.68. The van der Waals surface area contributed by atoms with Crippen LogP contribution in [0, 0.1) is 0 Å². The molecule has 134 valence electrons. The topological polar surface area (TPSA) is 72.9 Å². The number of amides is 2. The van der Waals surface area contributed by atoms with E-state index in [1.54, 1.807) is 7.05 Å². The van der Waals surface area contributed by atoms with Gasteiger partial charge in [-0.2, -0.15) is 0 Å². The molecule has 1 atom stereocenters. The predicted octanol–water partition coefficient (Wildman–Crippen LogP) is 2.50. The molecular weight excluding hydrogens is 318 g/mol. The first-order chi connectivity index (χ1) is 12.0. The number of nitrogens with zero attached hydrogens (tertiary/aromatic N) is 2. The number of rotatable bonds is 2. The third kappa shape index (κ3) is 2.59. The molecule has 2 fully saturated rings. The van der Waals surface area contributed by atoms with Crippen LogP contribution in [0.15, 0.2) is 24.3 Å². The van der Waals surface area contributed by atoms with E-state index in [0.717, 1.165) is 56.4 Å². The van der Waals surface area contributed by atoms with Crippen molar-refractivity contribution < 1.29 is 14.7 Å². The molecule has 1 saturated heterocycles. The number of carboxylic acid groups (broad SMARTS) is 1. The molecule has 25 heavy (non-hydrogen) atoms. The molecule has 2 heterocycles. The van der Waals surface area contributed by atoms with E-state index in [1.165, 1.54) is 4.90 Å². The van der Waals surface area contributed by atoms with E-state index in [-0.39, 0.29) is 17.4 Å². The Balaban J connectivity index is 1.43. The second-order valence-corrected chi connectivity index (χ2v) is 7.64. The minimum Gasteiger partial charge on any atom is -0.465 e. The van der Waals surface area contributed by atoms with Gasteiger partial charge in [0.15, 0.2) is 0 Å². The van der Waals surface area contributed by atoms with Crippen molar-refractivity contribution >= 4 is 17.7 Å². The Labute approximate surface area is 147 Å². The normalized spacial score (nSPS) is 31.8. The Kier molecular flexibility index (Phi) is 3.95. The van der Waals surface area contributed by atoms with E-state index in [1.807, 2.05) is 18.2 Å². The number of benzene rings is 1. The Morgan fingerprint density at radius 3 is 2.72 bits per heavy atom. The predicted molar refractivity (Wildman–Crippen MR) is 94.8 cm³/mol. The summed E-state index contributed by atoms with van der Waals surface area (Å²) in [6, 6.07) is 8.59. The highest BCUT2D eigenvalue weighted by atomic mass is 16.4. The second kappa shape index (κ2) is 6.02. The van der Waals surface area contributed by atoms with Crippen LogP contribution in [0.1, 0.15) is 37.7 Å². The Bertz CT molecular complexity index is 697. The van der Waals surface area contributed by atoms with Crippen LogP contribution in [0.5, 0.6) is 0 Å². The molecule has 0 radical (unpaired) electrons. The van der Waals surface area contributed by atoms with Crippen molar-refractivity contribution in [2.45, 2.75) is 49.6 Å². The van der Waals surface area contributed by atoms with E-state index >= 15 is 0 Å². The highest BCUT2D eigenvalue weighted by molar-refractivity contribution is 6.06. The van der Waals surface area contributed by atoms with Crippen LogP contribution in [-0.4, -0.2) is 59.1 Å². The first-order valence-corrected chi connectivity index (χ1v) is 9.12. The van der Waals surface area contributed by atoms with E-state index in [2.05, 4.69) is 16.3 Å². The van der Waals surface area contributed by atoms with Crippen LogP contribution in [-0.2, 0) is 10.2 Å². The highest BCUT2D eigenvalue weighted by Crippen LogP contribution is 2.48. The fourth-order valence-electron chi connectivity index (χ4n) is 4.90. The molecule has 2 amide bonds. The molecule has 1 aromatic rings. The Morgan fingerprint density at radius 2 is 2.00 bits per heavy atom. The summed E-state index contributed by atoms with van der Waals surface area (Å²) in [5.41, 5.74) is 1.77. The summed E-state index contributed by atoms with van der Waals surface area (Å²) in [4.78, 5) is 27.7. The number of anilines is 1. The summed E-state index contributed by atoms with van der Waals surface area (Å²) < 4.78 is 0. The zero-order chi connectivity index (χ0) is 17.6. The molecule has 3 aliphatic rings. The van der Waals surface area contributed by atoms with Gasteiger partial charge in [-0.25, -0.2) is 4.79 Å². The van der Waals surface area contributed by atoms with Crippen molar-refractivity contribution in [1.29, 1.82) is 0 Å². The molecule has 6 heteroatoms. The number of para-hydroxylation sites is 1. The van der Waals surface area contributed by atoms with Crippen molar-refractivity contribution in [1.82, 2.24) is 9.80 Å². The van der Waals surface area contributed by atoms with Crippen LogP contribution < -0.4 is 5.32 Å². The number of carbonyl (C=O) groups excluding carboxylic acids is 1. The van der Waals surface area contributed by atoms with E-state index in [9.17, 15) is 9.59 Å². The lowest BCUT2D eigenvalue weighted by Gasteiger charge is -2.39. The number of hydrogen-bond acceptors (Lipinski definition) is 3. The maximum Gasteiger partial charge on any atom is 0.407 e. The molecule has 1 aliphatic carbocycles.